The molecule has 5 nitrogen and oxygen atoms in total. The topological polar surface area (TPSA) is 67.3 Å². The molecule has 1 aromatic rings. The molecule has 7 heteroatoms. The van der Waals surface area contributed by atoms with E-state index in [2.05, 4.69) is 4.98 Å². The quantitative estimate of drug-likeness (QED) is 0.716. The molecule has 17 heavy (non-hydrogen) atoms. The van der Waals surface area contributed by atoms with E-state index in [1.807, 2.05) is 0 Å². The molecule has 1 amide bonds. The predicted molar refractivity (Wildman–Crippen MR) is 58.8 cm³/mol. The molecule has 0 aliphatic carbocycles. The van der Waals surface area contributed by atoms with Crippen LogP contribution in [0.3, 0.4) is 0 Å². The number of carbonyl (C=O) groups is 1. The third-order valence-electron chi connectivity index (χ3n) is 2.63. The van der Waals surface area contributed by atoms with Crippen molar-refractivity contribution in [2.75, 3.05) is 24.6 Å². The summed E-state index contributed by atoms with van der Waals surface area (Å²) >= 11 is 0. The number of aromatic nitrogens is 1. The summed E-state index contributed by atoms with van der Waals surface area (Å²) in [6.45, 7) is 0.228. The number of amides is 1. The lowest BCUT2D eigenvalue weighted by Gasteiger charge is -2.26. The van der Waals surface area contributed by atoms with E-state index in [4.69, 9.17) is 0 Å². The monoisotopic (exact) mass is 258 g/mol. The Morgan fingerprint density at radius 2 is 2.00 bits per heavy atom. The van der Waals surface area contributed by atoms with Crippen molar-refractivity contribution < 1.29 is 17.6 Å². The Hall–Kier alpha value is -1.50. The van der Waals surface area contributed by atoms with E-state index in [9.17, 15) is 17.6 Å². The second kappa shape index (κ2) is 4.40. The van der Waals surface area contributed by atoms with Crippen molar-refractivity contribution in [1.82, 2.24) is 9.88 Å². The van der Waals surface area contributed by atoms with Crippen molar-refractivity contribution in [2.24, 2.45) is 0 Å². The third-order valence-corrected chi connectivity index (χ3v) is 4.24. The van der Waals surface area contributed by atoms with Crippen molar-refractivity contribution in [2.45, 2.75) is 0 Å². The predicted octanol–water partition coefficient (Wildman–Crippen LogP) is 0.0913. The largest absolute Gasteiger partial charge is 0.337 e. The molecule has 0 atom stereocenters. The summed E-state index contributed by atoms with van der Waals surface area (Å²) in [5, 5.41) is 0. The number of hydrogen-bond donors (Lipinski definition) is 0. The molecular formula is C10H11FN2O3S. The third kappa shape index (κ3) is 2.60. The van der Waals surface area contributed by atoms with Gasteiger partial charge in [0.05, 0.1) is 23.3 Å². The molecule has 1 aliphatic heterocycles. The van der Waals surface area contributed by atoms with Gasteiger partial charge in [0.15, 0.2) is 15.7 Å². The second-order valence-corrected chi connectivity index (χ2v) is 6.10. The van der Waals surface area contributed by atoms with Gasteiger partial charge in [0.25, 0.3) is 5.91 Å². The highest BCUT2D eigenvalue weighted by molar-refractivity contribution is 7.91. The Kier molecular flexibility index (Phi) is 3.10. The molecule has 0 unspecified atom stereocenters. The van der Waals surface area contributed by atoms with E-state index in [1.54, 1.807) is 0 Å². The minimum Gasteiger partial charge on any atom is -0.337 e. The van der Waals surface area contributed by atoms with Crippen LogP contribution in [0.2, 0.25) is 0 Å². The fourth-order valence-electron chi connectivity index (χ4n) is 1.63. The Bertz CT molecular complexity index is 530. The van der Waals surface area contributed by atoms with Crippen molar-refractivity contribution in [3.63, 3.8) is 0 Å². The van der Waals surface area contributed by atoms with Gasteiger partial charge < -0.3 is 4.90 Å². The second-order valence-electron chi connectivity index (χ2n) is 3.80. The summed E-state index contributed by atoms with van der Waals surface area (Å²) in [6.07, 6.45) is 2.30. The van der Waals surface area contributed by atoms with Gasteiger partial charge in [-0.3, -0.25) is 9.78 Å². The molecule has 0 radical (unpaired) electrons. The number of carbonyl (C=O) groups excluding carboxylic acids is 1. The molecule has 1 aromatic heterocycles. The first-order valence-corrected chi connectivity index (χ1v) is 6.91. The maximum atomic E-state index is 13.3. The lowest BCUT2D eigenvalue weighted by Crippen LogP contribution is -2.44. The average molecular weight is 258 g/mol. The van der Waals surface area contributed by atoms with Crippen LogP contribution in [0.15, 0.2) is 18.5 Å². The smallest absolute Gasteiger partial charge is 0.257 e. The minimum atomic E-state index is -3.04. The molecule has 0 N–H and O–H groups in total. The van der Waals surface area contributed by atoms with Gasteiger partial charge in [-0.05, 0) is 6.07 Å². The van der Waals surface area contributed by atoms with Crippen LogP contribution < -0.4 is 0 Å². The van der Waals surface area contributed by atoms with Gasteiger partial charge in [-0.2, -0.15) is 0 Å². The molecule has 0 spiro atoms. The average Bonchev–Trinajstić information content (AvgIpc) is 2.29. The Balaban J connectivity index is 2.15. The molecule has 1 aliphatic rings. The summed E-state index contributed by atoms with van der Waals surface area (Å²) in [5.74, 6) is -1.30. The number of halogens is 1. The Morgan fingerprint density at radius 3 is 2.59 bits per heavy atom. The standard InChI is InChI=1S/C10H11FN2O3S/c11-9-7-12-2-1-8(9)10(14)13-3-5-17(15,16)6-4-13/h1-2,7H,3-6H2. The van der Waals surface area contributed by atoms with E-state index in [1.165, 1.54) is 17.2 Å². The summed E-state index contributed by atoms with van der Waals surface area (Å²) in [7, 11) is -3.04. The number of nitrogens with zero attached hydrogens (tertiary/aromatic N) is 2. The molecule has 2 rings (SSSR count). The summed E-state index contributed by atoms with van der Waals surface area (Å²) in [4.78, 5) is 16.8. The first-order chi connectivity index (χ1) is 7.99. The molecule has 1 fully saturated rings. The molecular weight excluding hydrogens is 247 g/mol. The lowest BCUT2D eigenvalue weighted by atomic mass is 10.2. The molecule has 0 bridgehead atoms. The summed E-state index contributed by atoms with van der Waals surface area (Å²) < 4.78 is 35.7. The SMILES string of the molecule is O=C(c1ccncc1F)N1CCS(=O)(=O)CC1. The first-order valence-electron chi connectivity index (χ1n) is 5.09. The van der Waals surface area contributed by atoms with Crippen molar-refractivity contribution in [1.29, 1.82) is 0 Å². The highest BCUT2D eigenvalue weighted by Crippen LogP contribution is 2.12. The zero-order valence-corrected chi connectivity index (χ0v) is 9.78. The number of pyridine rings is 1. The van der Waals surface area contributed by atoms with Crippen LogP contribution in [-0.2, 0) is 9.84 Å². The molecule has 0 saturated carbocycles. The summed E-state index contributed by atoms with van der Waals surface area (Å²) in [5.41, 5.74) is -0.0701. The highest BCUT2D eigenvalue weighted by atomic mass is 32.2. The van der Waals surface area contributed by atoms with Crippen molar-refractivity contribution in [3.05, 3.63) is 29.8 Å². The van der Waals surface area contributed by atoms with Gasteiger partial charge in [-0.25, -0.2) is 12.8 Å². The fourth-order valence-corrected chi connectivity index (χ4v) is 2.84. The fraction of sp³-hybridized carbons (Fsp3) is 0.400. The van der Waals surface area contributed by atoms with E-state index in [-0.39, 0.29) is 30.2 Å². The molecule has 1 saturated heterocycles. The van der Waals surface area contributed by atoms with Gasteiger partial charge in [0.2, 0.25) is 0 Å². The van der Waals surface area contributed by atoms with Gasteiger partial charge in [0.1, 0.15) is 0 Å². The van der Waals surface area contributed by atoms with Crippen LogP contribution in [0.25, 0.3) is 0 Å². The van der Waals surface area contributed by atoms with E-state index in [0.29, 0.717) is 0 Å². The lowest BCUT2D eigenvalue weighted by molar-refractivity contribution is 0.0765. The maximum absolute atomic E-state index is 13.3. The van der Waals surface area contributed by atoms with E-state index in [0.717, 1.165) is 6.20 Å². The molecule has 92 valence electrons. The number of sulfone groups is 1. The van der Waals surface area contributed by atoms with Crippen LogP contribution >= 0.6 is 0 Å². The van der Waals surface area contributed by atoms with Crippen LogP contribution in [0, 0.1) is 5.82 Å². The summed E-state index contributed by atoms with van der Waals surface area (Å²) in [6, 6.07) is 1.29. The van der Waals surface area contributed by atoms with Crippen LogP contribution in [0.5, 0.6) is 0 Å². The first kappa shape index (κ1) is 12.0. The van der Waals surface area contributed by atoms with Crippen LogP contribution in [0.4, 0.5) is 4.39 Å². The van der Waals surface area contributed by atoms with Crippen molar-refractivity contribution >= 4 is 15.7 Å². The zero-order valence-electron chi connectivity index (χ0n) is 8.97. The zero-order chi connectivity index (χ0) is 12.5. The number of rotatable bonds is 1. The Morgan fingerprint density at radius 1 is 1.35 bits per heavy atom. The normalized spacial score (nSPS) is 19.0. The van der Waals surface area contributed by atoms with Crippen LogP contribution in [-0.4, -0.2) is 48.8 Å². The van der Waals surface area contributed by atoms with Gasteiger partial charge in [-0.1, -0.05) is 0 Å². The number of hydrogen-bond acceptors (Lipinski definition) is 4. The van der Waals surface area contributed by atoms with Crippen LogP contribution in [0.1, 0.15) is 10.4 Å². The molecule has 2 heterocycles. The van der Waals surface area contributed by atoms with E-state index < -0.39 is 21.6 Å². The minimum absolute atomic E-state index is 0.0640. The van der Waals surface area contributed by atoms with Gasteiger partial charge in [0, 0.05) is 19.3 Å². The maximum Gasteiger partial charge on any atom is 0.257 e. The Labute approximate surface area is 98.2 Å². The molecule has 0 aromatic carbocycles. The van der Waals surface area contributed by atoms with E-state index >= 15 is 0 Å². The van der Waals surface area contributed by atoms with Crippen molar-refractivity contribution in [3.8, 4) is 0 Å². The van der Waals surface area contributed by atoms with Gasteiger partial charge in [-0.15, -0.1) is 0 Å². The van der Waals surface area contributed by atoms with Gasteiger partial charge >= 0.3 is 0 Å². The highest BCUT2D eigenvalue weighted by Gasteiger charge is 2.26.